The largest absolute Gasteiger partial charge is 0.473 e. The Bertz CT molecular complexity index is 1060. The van der Waals surface area contributed by atoms with E-state index in [9.17, 15) is 9.59 Å². The van der Waals surface area contributed by atoms with E-state index in [-0.39, 0.29) is 30.3 Å². The first-order chi connectivity index (χ1) is 17.0. The SMILES string of the molecule is Cc1ccc(N2CC(C(=O)N3CCN(c4ccc(OC5CCCCC5)nn4)CC3)CC2=O)cc1C. The summed E-state index contributed by atoms with van der Waals surface area (Å²) in [7, 11) is 0. The molecule has 0 spiro atoms. The lowest BCUT2D eigenvalue weighted by Crippen LogP contribution is -2.51. The summed E-state index contributed by atoms with van der Waals surface area (Å²) >= 11 is 0. The second-order valence-electron chi connectivity index (χ2n) is 10.1. The van der Waals surface area contributed by atoms with E-state index < -0.39 is 0 Å². The van der Waals surface area contributed by atoms with Gasteiger partial charge >= 0.3 is 0 Å². The Hall–Kier alpha value is -3.16. The number of benzene rings is 1. The molecule has 1 unspecified atom stereocenters. The lowest BCUT2D eigenvalue weighted by atomic mass is 9.98. The summed E-state index contributed by atoms with van der Waals surface area (Å²) in [5.74, 6) is 1.22. The maximum atomic E-state index is 13.2. The van der Waals surface area contributed by atoms with Gasteiger partial charge in [-0.05, 0) is 68.9 Å². The molecule has 35 heavy (non-hydrogen) atoms. The molecule has 1 atom stereocenters. The fraction of sp³-hybridized carbons (Fsp3) is 0.556. The summed E-state index contributed by atoms with van der Waals surface area (Å²) in [5.41, 5.74) is 3.23. The average molecular weight is 478 g/mol. The van der Waals surface area contributed by atoms with Crippen LogP contribution < -0.4 is 14.5 Å². The number of hydrogen-bond donors (Lipinski definition) is 0. The van der Waals surface area contributed by atoms with Gasteiger partial charge in [0.05, 0.1) is 5.92 Å². The fourth-order valence-electron chi connectivity index (χ4n) is 5.33. The third kappa shape index (κ3) is 5.26. The zero-order valence-corrected chi connectivity index (χ0v) is 20.8. The van der Waals surface area contributed by atoms with Crippen molar-refractivity contribution in [3.63, 3.8) is 0 Å². The van der Waals surface area contributed by atoms with Crippen molar-refractivity contribution in [2.24, 2.45) is 5.92 Å². The lowest BCUT2D eigenvalue weighted by Gasteiger charge is -2.36. The maximum absolute atomic E-state index is 13.2. The van der Waals surface area contributed by atoms with Crippen LogP contribution in [0.1, 0.15) is 49.7 Å². The summed E-state index contributed by atoms with van der Waals surface area (Å²) in [6, 6.07) is 9.90. The highest BCUT2D eigenvalue weighted by molar-refractivity contribution is 6.00. The summed E-state index contributed by atoms with van der Waals surface area (Å²) in [6.45, 7) is 7.19. The number of carbonyl (C=O) groups excluding carboxylic acids is 2. The second kappa shape index (κ2) is 10.2. The van der Waals surface area contributed by atoms with Crippen LogP contribution in [0, 0.1) is 19.8 Å². The normalized spacial score (nSPS) is 21.5. The summed E-state index contributed by atoms with van der Waals surface area (Å²) < 4.78 is 5.99. The minimum absolute atomic E-state index is 0.0241. The lowest BCUT2D eigenvalue weighted by molar-refractivity contribution is -0.136. The van der Waals surface area contributed by atoms with Gasteiger partial charge in [-0.15, -0.1) is 10.2 Å². The predicted molar refractivity (Wildman–Crippen MR) is 135 cm³/mol. The van der Waals surface area contributed by atoms with E-state index in [1.165, 1.54) is 24.8 Å². The van der Waals surface area contributed by atoms with Gasteiger partial charge in [0.15, 0.2) is 5.82 Å². The smallest absolute Gasteiger partial charge is 0.233 e. The molecule has 0 N–H and O–H groups in total. The zero-order valence-electron chi connectivity index (χ0n) is 20.8. The number of piperazine rings is 1. The maximum Gasteiger partial charge on any atom is 0.233 e. The molecule has 2 saturated heterocycles. The Kier molecular flexibility index (Phi) is 6.88. The molecule has 8 heteroatoms. The van der Waals surface area contributed by atoms with E-state index in [0.717, 1.165) is 29.9 Å². The van der Waals surface area contributed by atoms with Gasteiger partial charge in [-0.1, -0.05) is 12.5 Å². The first kappa shape index (κ1) is 23.6. The van der Waals surface area contributed by atoms with Crippen LogP contribution in [0.4, 0.5) is 11.5 Å². The Morgan fingerprint density at radius 1 is 0.943 bits per heavy atom. The summed E-state index contributed by atoms with van der Waals surface area (Å²) in [5, 5.41) is 8.66. The number of hydrogen-bond acceptors (Lipinski definition) is 6. The van der Waals surface area contributed by atoms with Crippen LogP contribution in [-0.2, 0) is 9.59 Å². The van der Waals surface area contributed by atoms with Gasteiger partial charge in [0.25, 0.3) is 0 Å². The summed E-state index contributed by atoms with van der Waals surface area (Å²) in [4.78, 5) is 31.7. The third-order valence-corrected chi connectivity index (χ3v) is 7.66. The van der Waals surface area contributed by atoms with Gasteiger partial charge in [0.1, 0.15) is 6.10 Å². The van der Waals surface area contributed by atoms with Crippen molar-refractivity contribution >= 4 is 23.3 Å². The molecule has 2 aliphatic heterocycles. The van der Waals surface area contributed by atoms with E-state index in [1.807, 2.05) is 42.2 Å². The number of aryl methyl sites for hydroxylation is 2. The number of amides is 2. The van der Waals surface area contributed by atoms with E-state index in [4.69, 9.17) is 4.74 Å². The molecule has 1 saturated carbocycles. The molecule has 0 radical (unpaired) electrons. The third-order valence-electron chi connectivity index (χ3n) is 7.66. The van der Waals surface area contributed by atoms with Crippen LogP contribution >= 0.6 is 0 Å². The summed E-state index contributed by atoms with van der Waals surface area (Å²) in [6.07, 6.45) is 6.45. The topological polar surface area (TPSA) is 78.9 Å². The van der Waals surface area contributed by atoms with Crippen molar-refractivity contribution in [3.05, 3.63) is 41.5 Å². The Labute approximate surface area is 207 Å². The van der Waals surface area contributed by atoms with Crippen LogP contribution in [0.5, 0.6) is 5.88 Å². The molecular formula is C27H35N5O3. The second-order valence-corrected chi connectivity index (χ2v) is 10.1. The zero-order chi connectivity index (χ0) is 24.4. The molecule has 8 nitrogen and oxygen atoms in total. The predicted octanol–water partition coefficient (Wildman–Crippen LogP) is 3.51. The van der Waals surface area contributed by atoms with Gasteiger partial charge in [-0.2, -0.15) is 0 Å². The van der Waals surface area contributed by atoms with E-state index in [2.05, 4.69) is 22.0 Å². The molecule has 3 aliphatic rings. The van der Waals surface area contributed by atoms with Crippen LogP contribution in [-0.4, -0.2) is 65.7 Å². The molecule has 5 rings (SSSR count). The van der Waals surface area contributed by atoms with Crippen molar-refractivity contribution in [1.82, 2.24) is 15.1 Å². The minimum atomic E-state index is -0.285. The number of nitrogens with zero attached hydrogens (tertiary/aromatic N) is 5. The van der Waals surface area contributed by atoms with E-state index in [1.54, 1.807) is 4.90 Å². The fourth-order valence-corrected chi connectivity index (χ4v) is 5.33. The number of anilines is 2. The van der Waals surface area contributed by atoms with Gasteiger partial charge in [-0.3, -0.25) is 9.59 Å². The number of ether oxygens (including phenoxy) is 1. The Morgan fingerprint density at radius 2 is 1.71 bits per heavy atom. The number of rotatable bonds is 5. The molecular weight excluding hydrogens is 442 g/mol. The van der Waals surface area contributed by atoms with Crippen LogP contribution in [0.2, 0.25) is 0 Å². The van der Waals surface area contributed by atoms with Crippen molar-refractivity contribution in [2.45, 2.75) is 58.5 Å². The molecule has 1 aromatic heterocycles. The number of carbonyl (C=O) groups is 2. The average Bonchev–Trinajstić information content (AvgIpc) is 3.28. The minimum Gasteiger partial charge on any atom is -0.473 e. The molecule has 1 aromatic carbocycles. The Morgan fingerprint density at radius 3 is 2.40 bits per heavy atom. The van der Waals surface area contributed by atoms with Gasteiger partial charge < -0.3 is 19.4 Å². The van der Waals surface area contributed by atoms with Gasteiger partial charge in [0.2, 0.25) is 17.7 Å². The van der Waals surface area contributed by atoms with Crippen molar-refractivity contribution in [2.75, 3.05) is 42.5 Å². The van der Waals surface area contributed by atoms with Gasteiger partial charge in [-0.25, -0.2) is 0 Å². The molecule has 3 fully saturated rings. The standard InChI is InChI=1S/C27H35N5O3/c1-19-8-9-22(16-20(19)2)32-18-21(17-26(32)33)27(34)31-14-12-30(13-15-31)24-10-11-25(29-28-24)35-23-6-4-3-5-7-23/h8-11,16,21,23H,3-7,12-15,17-18H2,1-2H3. The van der Waals surface area contributed by atoms with Crippen LogP contribution in [0.15, 0.2) is 30.3 Å². The molecule has 2 aromatic rings. The molecule has 2 amide bonds. The van der Waals surface area contributed by atoms with Crippen LogP contribution in [0.3, 0.4) is 0 Å². The molecule has 1 aliphatic carbocycles. The van der Waals surface area contributed by atoms with Crippen LogP contribution in [0.25, 0.3) is 0 Å². The monoisotopic (exact) mass is 477 g/mol. The van der Waals surface area contributed by atoms with E-state index in [0.29, 0.717) is 38.6 Å². The highest BCUT2D eigenvalue weighted by Gasteiger charge is 2.38. The first-order valence-corrected chi connectivity index (χ1v) is 12.9. The van der Waals surface area contributed by atoms with Gasteiger partial charge in [0, 0.05) is 50.9 Å². The molecule has 3 heterocycles. The van der Waals surface area contributed by atoms with E-state index >= 15 is 0 Å². The first-order valence-electron chi connectivity index (χ1n) is 12.9. The number of aromatic nitrogens is 2. The molecule has 186 valence electrons. The van der Waals surface area contributed by atoms with Crippen molar-refractivity contribution in [3.8, 4) is 5.88 Å². The highest BCUT2D eigenvalue weighted by Crippen LogP contribution is 2.28. The van der Waals surface area contributed by atoms with Crippen molar-refractivity contribution in [1.29, 1.82) is 0 Å². The van der Waals surface area contributed by atoms with Crippen molar-refractivity contribution < 1.29 is 14.3 Å². The highest BCUT2D eigenvalue weighted by atomic mass is 16.5. The Balaban J connectivity index is 1.13. The quantitative estimate of drug-likeness (QED) is 0.656. The molecule has 0 bridgehead atoms.